The SMILES string of the molecule is CC(C)CNCCc1nnc(C2COCCO2)s1. The minimum atomic E-state index is -0.0198. The maximum absolute atomic E-state index is 5.60. The van der Waals surface area contributed by atoms with E-state index in [1.54, 1.807) is 11.3 Å². The fourth-order valence-electron chi connectivity index (χ4n) is 1.71. The van der Waals surface area contributed by atoms with Crippen LogP contribution in [0.4, 0.5) is 0 Å². The van der Waals surface area contributed by atoms with Crippen molar-refractivity contribution in [2.45, 2.75) is 26.4 Å². The van der Waals surface area contributed by atoms with Gasteiger partial charge >= 0.3 is 0 Å². The highest BCUT2D eigenvalue weighted by Crippen LogP contribution is 2.23. The summed E-state index contributed by atoms with van der Waals surface area (Å²) >= 11 is 1.63. The molecule has 5 nitrogen and oxygen atoms in total. The summed E-state index contributed by atoms with van der Waals surface area (Å²) in [4.78, 5) is 0. The molecule has 1 aromatic heterocycles. The van der Waals surface area contributed by atoms with Crippen LogP contribution < -0.4 is 5.32 Å². The summed E-state index contributed by atoms with van der Waals surface area (Å²) in [6.45, 7) is 8.34. The first-order valence-corrected chi connectivity index (χ1v) is 7.29. The summed E-state index contributed by atoms with van der Waals surface area (Å²) in [5, 5.41) is 13.8. The van der Waals surface area contributed by atoms with E-state index in [0.717, 1.165) is 29.5 Å². The highest BCUT2D eigenvalue weighted by molar-refractivity contribution is 7.11. The van der Waals surface area contributed by atoms with Gasteiger partial charge in [0.1, 0.15) is 16.1 Å². The average Bonchev–Trinajstić information content (AvgIpc) is 2.84. The molecule has 0 spiro atoms. The zero-order valence-corrected chi connectivity index (χ0v) is 11.8. The van der Waals surface area contributed by atoms with Crippen LogP contribution in [0.2, 0.25) is 0 Å². The van der Waals surface area contributed by atoms with Crippen LogP contribution in [0.3, 0.4) is 0 Å². The molecule has 1 aliphatic rings. The zero-order valence-electron chi connectivity index (χ0n) is 11.0. The maximum Gasteiger partial charge on any atom is 0.148 e. The smallest absolute Gasteiger partial charge is 0.148 e. The van der Waals surface area contributed by atoms with Crippen LogP contribution in [0.5, 0.6) is 0 Å². The number of nitrogens with zero attached hydrogens (tertiary/aromatic N) is 2. The first-order chi connectivity index (χ1) is 8.75. The Labute approximate surface area is 112 Å². The van der Waals surface area contributed by atoms with Crippen molar-refractivity contribution in [1.29, 1.82) is 0 Å². The third kappa shape index (κ3) is 4.28. The molecule has 0 amide bonds. The van der Waals surface area contributed by atoms with Crippen molar-refractivity contribution in [1.82, 2.24) is 15.5 Å². The number of ether oxygens (including phenoxy) is 2. The fraction of sp³-hybridized carbons (Fsp3) is 0.833. The molecule has 0 aromatic carbocycles. The lowest BCUT2D eigenvalue weighted by molar-refractivity contribution is -0.0903. The number of nitrogens with one attached hydrogen (secondary N) is 1. The van der Waals surface area contributed by atoms with Gasteiger partial charge in [0.15, 0.2) is 0 Å². The van der Waals surface area contributed by atoms with Crippen molar-refractivity contribution in [2.75, 3.05) is 32.9 Å². The molecule has 0 bridgehead atoms. The van der Waals surface area contributed by atoms with E-state index in [2.05, 4.69) is 29.4 Å². The van der Waals surface area contributed by atoms with E-state index in [1.807, 2.05) is 0 Å². The summed E-state index contributed by atoms with van der Waals surface area (Å²) in [6, 6.07) is 0. The summed E-state index contributed by atoms with van der Waals surface area (Å²) in [7, 11) is 0. The normalized spacial score (nSPS) is 20.5. The number of aromatic nitrogens is 2. The van der Waals surface area contributed by atoms with E-state index in [1.165, 1.54) is 0 Å². The predicted octanol–water partition coefficient (Wildman–Crippen LogP) is 1.41. The number of hydrogen-bond donors (Lipinski definition) is 1. The van der Waals surface area contributed by atoms with Crippen molar-refractivity contribution in [3.05, 3.63) is 10.0 Å². The molecule has 2 heterocycles. The quantitative estimate of drug-likeness (QED) is 0.793. The minimum Gasteiger partial charge on any atom is -0.376 e. The van der Waals surface area contributed by atoms with E-state index in [-0.39, 0.29) is 6.10 Å². The third-order valence-electron chi connectivity index (χ3n) is 2.64. The molecule has 1 saturated heterocycles. The highest BCUT2D eigenvalue weighted by Gasteiger charge is 2.20. The lowest BCUT2D eigenvalue weighted by atomic mass is 10.2. The third-order valence-corrected chi connectivity index (χ3v) is 3.72. The number of hydrogen-bond acceptors (Lipinski definition) is 6. The standard InChI is InChI=1S/C12H21N3O2S/c1-9(2)7-13-4-3-11-14-15-12(18-11)10-8-16-5-6-17-10/h9-10,13H,3-8H2,1-2H3. The van der Waals surface area contributed by atoms with Gasteiger partial charge in [0.25, 0.3) is 0 Å². The van der Waals surface area contributed by atoms with Crippen LogP contribution in [-0.2, 0) is 15.9 Å². The first kappa shape index (κ1) is 13.9. The molecule has 0 radical (unpaired) electrons. The Balaban J connectivity index is 1.75. The predicted molar refractivity (Wildman–Crippen MR) is 70.8 cm³/mol. The van der Waals surface area contributed by atoms with Gasteiger partial charge in [-0.2, -0.15) is 0 Å². The monoisotopic (exact) mass is 271 g/mol. The number of rotatable bonds is 6. The highest BCUT2D eigenvalue weighted by atomic mass is 32.1. The van der Waals surface area contributed by atoms with Gasteiger partial charge in [-0.05, 0) is 12.5 Å². The maximum atomic E-state index is 5.60. The average molecular weight is 271 g/mol. The van der Waals surface area contributed by atoms with Crippen LogP contribution >= 0.6 is 11.3 Å². The van der Waals surface area contributed by atoms with Crippen molar-refractivity contribution < 1.29 is 9.47 Å². The van der Waals surface area contributed by atoms with Crippen molar-refractivity contribution >= 4 is 11.3 Å². The molecule has 2 rings (SSSR count). The Morgan fingerprint density at radius 3 is 3.00 bits per heavy atom. The molecule has 1 aliphatic heterocycles. The van der Waals surface area contributed by atoms with Gasteiger partial charge in [0.2, 0.25) is 0 Å². The van der Waals surface area contributed by atoms with E-state index in [4.69, 9.17) is 9.47 Å². The molecule has 1 N–H and O–H groups in total. The first-order valence-electron chi connectivity index (χ1n) is 6.48. The van der Waals surface area contributed by atoms with Crippen molar-refractivity contribution in [2.24, 2.45) is 5.92 Å². The van der Waals surface area contributed by atoms with E-state index in [9.17, 15) is 0 Å². The van der Waals surface area contributed by atoms with E-state index >= 15 is 0 Å². The van der Waals surface area contributed by atoms with Crippen LogP contribution in [0.1, 0.15) is 30.0 Å². The minimum absolute atomic E-state index is 0.0198. The Hall–Kier alpha value is -0.560. The zero-order chi connectivity index (χ0) is 12.8. The second-order valence-electron chi connectivity index (χ2n) is 4.82. The fourth-order valence-corrected chi connectivity index (χ4v) is 2.59. The summed E-state index contributed by atoms with van der Waals surface area (Å²) in [5.74, 6) is 0.683. The molecule has 102 valence electrons. The lowest BCUT2D eigenvalue weighted by Crippen LogP contribution is -2.22. The van der Waals surface area contributed by atoms with Gasteiger partial charge < -0.3 is 14.8 Å². The van der Waals surface area contributed by atoms with Crippen molar-refractivity contribution in [3.63, 3.8) is 0 Å². The summed E-state index contributed by atoms with van der Waals surface area (Å²) < 4.78 is 11.0. The van der Waals surface area contributed by atoms with Gasteiger partial charge in [-0.25, -0.2) is 0 Å². The second-order valence-corrected chi connectivity index (χ2v) is 5.91. The van der Waals surface area contributed by atoms with Crippen LogP contribution in [-0.4, -0.2) is 43.1 Å². The molecule has 1 unspecified atom stereocenters. The van der Waals surface area contributed by atoms with Gasteiger partial charge in [-0.3, -0.25) is 0 Å². The Morgan fingerprint density at radius 2 is 2.28 bits per heavy atom. The molecule has 18 heavy (non-hydrogen) atoms. The van der Waals surface area contributed by atoms with Crippen LogP contribution in [0.25, 0.3) is 0 Å². The van der Waals surface area contributed by atoms with Crippen LogP contribution in [0, 0.1) is 5.92 Å². The van der Waals surface area contributed by atoms with Gasteiger partial charge in [0.05, 0.1) is 19.8 Å². The van der Waals surface area contributed by atoms with E-state index < -0.39 is 0 Å². The van der Waals surface area contributed by atoms with E-state index in [0.29, 0.717) is 25.7 Å². The largest absolute Gasteiger partial charge is 0.376 e. The molecule has 0 saturated carbocycles. The lowest BCUT2D eigenvalue weighted by Gasteiger charge is -2.20. The molecular formula is C12H21N3O2S. The second kappa shape index (κ2) is 7.13. The molecule has 1 fully saturated rings. The van der Waals surface area contributed by atoms with Gasteiger partial charge in [-0.1, -0.05) is 25.2 Å². The molecule has 0 aliphatic carbocycles. The Morgan fingerprint density at radius 1 is 1.39 bits per heavy atom. The summed E-state index contributed by atoms with van der Waals surface area (Å²) in [5.41, 5.74) is 0. The Kier molecular flexibility index (Phi) is 5.49. The van der Waals surface area contributed by atoms with Gasteiger partial charge in [-0.15, -0.1) is 10.2 Å². The molecule has 1 atom stereocenters. The molecule has 1 aromatic rings. The van der Waals surface area contributed by atoms with Crippen molar-refractivity contribution in [3.8, 4) is 0 Å². The van der Waals surface area contributed by atoms with Gasteiger partial charge in [0, 0.05) is 13.0 Å². The van der Waals surface area contributed by atoms with Crippen LogP contribution in [0.15, 0.2) is 0 Å². The molecular weight excluding hydrogens is 250 g/mol. The molecule has 6 heteroatoms. The summed E-state index contributed by atoms with van der Waals surface area (Å²) in [6.07, 6.45) is 0.909. The topological polar surface area (TPSA) is 56.3 Å². The Bertz CT molecular complexity index is 351.